The quantitative estimate of drug-likeness (QED) is 0.875. The second kappa shape index (κ2) is 11.6. The zero-order valence-corrected chi connectivity index (χ0v) is 12.2. The van der Waals surface area contributed by atoms with Crippen LogP contribution in [0.1, 0.15) is 40.2 Å². The van der Waals surface area contributed by atoms with Crippen molar-refractivity contribution in [3.05, 3.63) is 34.9 Å². The van der Waals surface area contributed by atoms with Crippen LogP contribution in [0.2, 0.25) is 5.02 Å². The number of hydrogen-bond acceptors (Lipinski definition) is 2. The summed E-state index contributed by atoms with van der Waals surface area (Å²) in [6.45, 7) is 9.47. The Balaban J connectivity index is 0. The van der Waals surface area contributed by atoms with Gasteiger partial charge >= 0.3 is 0 Å². The molecular weight excluding hydrogens is 234 g/mol. The van der Waals surface area contributed by atoms with E-state index >= 15 is 0 Å². The van der Waals surface area contributed by atoms with Gasteiger partial charge in [0.1, 0.15) is 5.78 Å². The molecule has 3 heteroatoms. The lowest BCUT2D eigenvalue weighted by Crippen LogP contribution is -2.06. The minimum absolute atomic E-state index is 0.173. The second-order valence-corrected chi connectivity index (χ2v) is 4.19. The fourth-order valence-electron chi connectivity index (χ4n) is 0.890. The molecule has 17 heavy (non-hydrogen) atoms. The van der Waals surface area contributed by atoms with Gasteiger partial charge in [-0.15, -0.1) is 0 Å². The number of rotatable bonds is 2. The third-order valence-corrected chi connectivity index (χ3v) is 1.62. The van der Waals surface area contributed by atoms with Gasteiger partial charge in [-0.3, -0.25) is 4.79 Å². The molecule has 0 spiro atoms. The summed E-state index contributed by atoms with van der Waals surface area (Å²) in [7, 11) is 0. The summed E-state index contributed by atoms with van der Waals surface area (Å²) in [5, 5.41) is 0.706. The Morgan fingerprint density at radius 1 is 1.24 bits per heavy atom. The Morgan fingerprint density at radius 2 is 1.59 bits per heavy atom. The van der Waals surface area contributed by atoms with Gasteiger partial charge in [0, 0.05) is 11.4 Å². The maximum atomic E-state index is 10.7. The van der Waals surface area contributed by atoms with Crippen LogP contribution in [0.3, 0.4) is 0 Å². The molecule has 0 saturated heterocycles. The van der Waals surface area contributed by atoms with Gasteiger partial charge in [-0.25, -0.2) is 0 Å². The number of carbonyl (C=O) groups is 1. The lowest BCUT2D eigenvalue weighted by Gasteiger charge is -1.95. The summed E-state index contributed by atoms with van der Waals surface area (Å²) in [4.78, 5) is 10.7. The molecule has 0 amide bonds. The SMILES string of the molecule is CC.CC(=O)Cc1ccc(Cl)cc1.CC(C)N. The van der Waals surface area contributed by atoms with Crippen molar-refractivity contribution in [3.63, 3.8) is 0 Å². The number of ketones is 1. The van der Waals surface area contributed by atoms with E-state index in [1.807, 2.05) is 39.8 Å². The first-order valence-corrected chi connectivity index (χ1v) is 6.29. The van der Waals surface area contributed by atoms with E-state index in [0.717, 1.165) is 5.56 Å². The monoisotopic (exact) mass is 257 g/mol. The summed E-state index contributed by atoms with van der Waals surface area (Å²) in [6.07, 6.45) is 0.497. The molecule has 0 fully saturated rings. The Morgan fingerprint density at radius 3 is 1.88 bits per heavy atom. The molecule has 0 aliphatic heterocycles. The zero-order valence-electron chi connectivity index (χ0n) is 11.5. The molecule has 2 N–H and O–H groups in total. The highest BCUT2D eigenvalue weighted by atomic mass is 35.5. The van der Waals surface area contributed by atoms with Crippen molar-refractivity contribution in [3.8, 4) is 0 Å². The van der Waals surface area contributed by atoms with E-state index in [4.69, 9.17) is 17.3 Å². The smallest absolute Gasteiger partial charge is 0.134 e. The predicted molar refractivity (Wildman–Crippen MR) is 76.5 cm³/mol. The lowest BCUT2D eigenvalue weighted by molar-refractivity contribution is -0.116. The molecule has 1 aromatic rings. The van der Waals surface area contributed by atoms with Crippen molar-refractivity contribution in [2.24, 2.45) is 5.73 Å². The average Bonchev–Trinajstić information content (AvgIpc) is 2.23. The van der Waals surface area contributed by atoms with Gasteiger partial charge in [0.05, 0.1) is 0 Å². The number of carbonyl (C=O) groups excluding carboxylic acids is 1. The van der Waals surface area contributed by atoms with Crippen LogP contribution in [0.25, 0.3) is 0 Å². The number of Topliss-reactive ketones (excluding diaryl/α,β-unsaturated/α-hetero) is 1. The summed E-state index contributed by atoms with van der Waals surface area (Å²) < 4.78 is 0. The molecule has 0 unspecified atom stereocenters. The van der Waals surface area contributed by atoms with Crippen molar-refractivity contribution in [1.29, 1.82) is 0 Å². The standard InChI is InChI=1S/C9H9ClO.C3H9N.C2H6/c1-7(11)6-8-2-4-9(10)5-3-8;1-3(2)4;1-2/h2-5H,6H2,1H3;3H,4H2,1-2H3;1-2H3. The van der Waals surface area contributed by atoms with Crippen molar-refractivity contribution >= 4 is 17.4 Å². The molecule has 1 aromatic carbocycles. The first kappa shape index (κ1) is 18.5. The van der Waals surface area contributed by atoms with Crippen molar-refractivity contribution in [2.45, 2.75) is 47.1 Å². The first-order chi connectivity index (χ1) is 7.91. The van der Waals surface area contributed by atoms with Crippen molar-refractivity contribution < 1.29 is 4.79 Å². The maximum absolute atomic E-state index is 10.7. The van der Waals surface area contributed by atoms with E-state index in [-0.39, 0.29) is 5.78 Å². The van der Waals surface area contributed by atoms with Crippen LogP contribution < -0.4 is 5.73 Å². The number of nitrogens with two attached hydrogens (primary N) is 1. The van der Waals surface area contributed by atoms with Crippen molar-refractivity contribution in [1.82, 2.24) is 0 Å². The number of halogens is 1. The predicted octanol–water partition coefficient (Wildman–Crippen LogP) is 3.85. The third kappa shape index (κ3) is 15.1. The van der Waals surface area contributed by atoms with Gasteiger partial charge in [0.15, 0.2) is 0 Å². The van der Waals surface area contributed by atoms with Gasteiger partial charge in [-0.05, 0) is 30.7 Å². The van der Waals surface area contributed by atoms with E-state index in [1.54, 1.807) is 19.1 Å². The molecule has 0 bridgehead atoms. The van der Waals surface area contributed by atoms with E-state index < -0.39 is 0 Å². The molecule has 0 atom stereocenters. The zero-order chi connectivity index (χ0) is 13.8. The lowest BCUT2D eigenvalue weighted by atomic mass is 10.1. The van der Waals surface area contributed by atoms with E-state index in [1.165, 1.54) is 0 Å². The average molecular weight is 258 g/mol. The summed E-state index contributed by atoms with van der Waals surface area (Å²) in [5.41, 5.74) is 6.13. The molecule has 98 valence electrons. The Labute approximate surface area is 110 Å². The van der Waals surface area contributed by atoms with Crippen LogP contribution in [0.15, 0.2) is 24.3 Å². The van der Waals surface area contributed by atoms with Crippen LogP contribution >= 0.6 is 11.6 Å². The fraction of sp³-hybridized carbons (Fsp3) is 0.500. The maximum Gasteiger partial charge on any atom is 0.134 e. The van der Waals surface area contributed by atoms with Crippen LogP contribution in [-0.4, -0.2) is 11.8 Å². The molecule has 0 heterocycles. The normalized spacial score (nSPS) is 8.71. The first-order valence-electron chi connectivity index (χ1n) is 5.91. The van der Waals surface area contributed by atoms with Gasteiger partial charge in [0.25, 0.3) is 0 Å². The number of benzene rings is 1. The minimum atomic E-state index is 0.173. The molecule has 1 rings (SSSR count). The summed E-state index contributed by atoms with van der Waals surface area (Å²) >= 11 is 5.66. The van der Waals surface area contributed by atoms with E-state index in [9.17, 15) is 4.79 Å². The van der Waals surface area contributed by atoms with Crippen LogP contribution in [0.5, 0.6) is 0 Å². The van der Waals surface area contributed by atoms with Crippen LogP contribution in [-0.2, 0) is 11.2 Å². The summed E-state index contributed by atoms with van der Waals surface area (Å²) in [6, 6.07) is 7.65. The van der Waals surface area contributed by atoms with Crippen LogP contribution in [0, 0.1) is 0 Å². The largest absolute Gasteiger partial charge is 0.328 e. The molecule has 0 aliphatic carbocycles. The van der Waals surface area contributed by atoms with Gasteiger partial charge in [-0.2, -0.15) is 0 Å². The summed E-state index contributed by atoms with van der Waals surface area (Å²) in [5.74, 6) is 0.173. The third-order valence-electron chi connectivity index (χ3n) is 1.37. The highest BCUT2D eigenvalue weighted by molar-refractivity contribution is 6.30. The van der Waals surface area contributed by atoms with Gasteiger partial charge < -0.3 is 5.73 Å². The second-order valence-electron chi connectivity index (χ2n) is 3.75. The van der Waals surface area contributed by atoms with Gasteiger partial charge in [-0.1, -0.05) is 51.4 Å². The topological polar surface area (TPSA) is 43.1 Å². The molecule has 0 radical (unpaired) electrons. The Hall–Kier alpha value is -0.860. The Kier molecular flexibility index (Phi) is 12.6. The van der Waals surface area contributed by atoms with Gasteiger partial charge in [0.2, 0.25) is 0 Å². The van der Waals surface area contributed by atoms with Crippen LogP contribution in [0.4, 0.5) is 0 Å². The molecular formula is C14H24ClNO. The Bertz CT molecular complexity index is 291. The highest BCUT2D eigenvalue weighted by Crippen LogP contribution is 2.09. The highest BCUT2D eigenvalue weighted by Gasteiger charge is 1.95. The molecule has 0 aliphatic rings. The van der Waals surface area contributed by atoms with E-state index in [0.29, 0.717) is 17.5 Å². The molecule has 0 aromatic heterocycles. The molecule has 2 nitrogen and oxygen atoms in total. The number of hydrogen-bond donors (Lipinski definition) is 1. The van der Waals surface area contributed by atoms with Crippen molar-refractivity contribution in [2.75, 3.05) is 0 Å². The molecule has 0 saturated carbocycles. The fourth-order valence-corrected chi connectivity index (χ4v) is 1.02. The minimum Gasteiger partial charge on any atom is -0.328 e. The van der Waals surface area contributed by atoms with E-state index in [2.05, 4.69) is 0 Å².